The number of allylic oxidation sites excluding steroid dienone is 2. The maximum atomic E-state index is 15.2. The van der Waals surface area contributed by atoms with Gasteiger partial charge in [0.05, 0.1) is 44.7 Å². The summed E-state index contributed by atoms with van der Waals surface area (Å²) in [5.74, 6) is -4.26. The zero-order chi connectivity index (χ0) is 46.7. The van der Waals surface area contributed by atoms with Crippen molar-refractivity contribution < 1.29 is 56.7 Å². The van der Waals surface area contributed by atoms with Crippen molar-refractivity contribution in [2.75, 3.05) is 13.2 Å². The highest BCUT2D eigenvalue weighted by atomic mass is 35.5. The summed E-state index contributed by atoms with van der Waals surface area (Å²) in [4.78, 5) is 28.5. The van der Waals surface area contributed by atoms with Crippen LogP contribution in [0.4, 0.5) is 13.2 Å². The molecule has 1 aliphatic heterocycles. The SMILES string of the molecule is Cc1ccc(COCC2CCCC(O[C@@H]3Cc4ccccc4[C@@H]3NC(=O)[C@H](OCc3ccccc3F)[C@H](O)[C@@H](O)[C@@H](OCC3=C(F)C(C)CC=C3)C(=O)NCc3c(F)cccc3Cl)O2)cc1. The monoisotopic (exact) mass is 932 g/mol. The molecule has 0 aromatic heterocycles. The van der Waals surface area contributed by atoms with Crippen molar-refractivity contribution in [2.45, 2.75) is 115 Å². The van der Waals surface area contributed by atoms with Crippen LogP contribution in [-0.2, 0) is 59.5 Å². The average Bonchev–Trinajstić information content (AvgIpc) is 3.64. The zero-order valence-corrected chi connectivity index (χ0v) is 37.6. The second-order valence-electron chi connectivity index (χ2n) is 17.0. The molecular weight excluding hydrogens is 877 g/mol. The predicted molar refractivity (Wildman–Crippen MR) is 240 cm³/mol. The molecule has 4 aromatic rings. The molecule has 3 aliphatic rings. The summed E-state index contributed by atoms with van der Waals surface area (Å²) in [6.45, 7) is 3.03. The van der Waals surface area contributed by atoms with Gasteiger partial charge in [-0.2, -0.15) is 0 Å². The number of halogens is 4. The molecule has 1 heterocycles. The lowest BCUT2D eigenvalue weighted by atomic mass is 9.96. The number of fused-ring (bicyclic) bond motifs is 1. The highest BCUT2D eigenvalue weighted by Gasteiger charge is 2.44. The van der Waals surface area contributed by atoms with Gasteiger partial charge in [-0.1, -0.05) is 109 Å². The normalized spacial score (nSPS) is 22.3. The molecule has 2 amide bonds. The maximum absolute atomic E-state index is 15.2. The molecule has 11 nitrogen and oxygen atoms in total. The number of ether oxygens (including phenoxy) is 5. The third-order valence-electron chi connectivity index (χ3n) is 12.1. The Morgan fingerprint density at radius 1 is 0.848 bits per heavy atom. The van der Waals surface area contributed by atoms with Gasteiger partial charge >= 0.3 is 0 Å². The molecule has 66 heavy (non-hydrogen) atoms. The molecule has 0 saturated carbocycles. The van der Waals surface area contributed by atoms with Crippen LogP contribution >= 0.6 is 11.6 Å². The first kappa shape index (κ1) is 49.0. The van der Waals surface area contributed by atoms with Crippen LogP contribution in [0.15, 0.2) is 115 Å². The number of hydrogen-bond acceptors (Lipinski definition) is 9. The van der Waals surface area contributed by atoms with E-state index in [0.29, 0.717) is 32.5 Å². The highest BCUT2D eigenvalue weighted by molar-refractivity contribution is 6.31. The average molecular weight is 933 g/mol. The zero-order valence-electron chi connectivity index (χ0n) is 36.8. The van der Waals surface area contributed by atoms with Gasteiger partial charge in [-0.3, -0.25) is 9.59 Å². The van der Waals surface area contributed by atoms with Crippen LogP contribution in [0.3, 0.4) is 0 Å². The van der Waals surface area contributed by atoms with Crippen molar-refractivity contribution in [1.82, 2.24) is 10.6 Å². The predicted octanol–water partition coefficient (Wildman–Crippen LogP) is 7.97. The fourth-order valence-electron chi connectivity index (χ4n) is 8.36. The Kier molecular flexibility index (Phi) is 17.2. The molecule has 1 saturated heterocycles. The van der Waals surface area contributed by atoms with E-state index < -0.39 is 97.8 Å². The Morgan fingerprint density at radius 3 is 2.33 bits per heavy atom. The number of benzene rings is 4. The minimum Gasteiger partial charge on any atom is -0.387 e. The number of carbonyl (C=O) groups is 2. The van der Waals surface area contributed by atoms with Gasteiger partial charge in [-0.25, -0.2) is 13.2 Å². The van der Waals surface area contributed by atoms with Crippen LogP contribution in [0.5, 0.6) is 0 Å². The molecule has 4 aromatic carbocycles. The minimum atomic E-state index is -2.21. The standard InChI is InChI=1S/C51H56ClF3N2O9/c1-30-20-22-32(23-21-30)26-62-29-36-14-8-19-43(65-36)66-42-24-33-11-3-5-15-37(33)45(42)57-51(61)49(63-27-34-12-4-6-17-40(34)53)47(59)46(58)48(64-28-35-13-7-10-31(2)44(35)55)50(60)56-25-38-39(52)16-9-18-41(38)54/h3-7,9,11-13,15-18,20-23,31,36,42-43,45-49,58-59H,8,10,14,19,24-29H2,1-2H3,(H,56,60)(H,57,61)/t31?,36?,42-,43?,45+,46-,47-,48-,49-/m1/s1. The van der Waals surface area contributed by atoms with Crippen molar-refractivity contribution in [2.24, 2.45) is 5.92 Å². The molecule has 1 fully saturated rings. The maximum Gasteiger partial charge on any atom is 0.252 e. The van der Waals surface area contributed by atoms with Gasteiger partial charge in [0.1, 0.15) is 29.7 Å². The Balaban J connectivity index is 1.10. The van der Waals surface area contributed by atoms with Crippen LogP contribution in [0, 0.1) is 24.5 Å². The Morgan fingerprint density at radius 2 is 1.56 bits per heavy atom. The molecule has 3 unspecified atom stereocenters. The number of hydrogen-bond donors (Lipinski definition) is 4. The van der Waals surface area contributed by atoms with E-state index >= 15 is 4.39 Å². The van der Waals surface area contributed by atoms with E-state index in [4.69, 9.17) is 35.3 Å². The van der Waals surface area contributed by atoms with Gasteiger partial charge in [0.25, 0.3) is 11.8 Å². The number of carbonyl (C=O) groups excluding carboxylic acids is 2. The first-order valence-electron chi connectivity index (χ1n) is 22.3. The number of aliphatic hydroxyl groups excluding tert-OH is 2. The molecule has 7 rings (SSSR count). The van der Waals surface area contributed by atoms with Crippen LogP contribution in [0.2, 0.25) is 5.02 Å². The first-order chi connectivity index (χ1) is 31.9. The second kappa shape index (κ2) is 23.2. The number of rotatable bonds is 20. The minimum absolute atomic E-state index is 0.0220. The van der Waals surface area contributed by atoms with Crippen molar-refractivity contribution in [3.63, 3.8) is 0 Å². The first-order valence-corrected chi connectivity index (χ1v) is 22.6. The topological polar surface area (TPSA) is 145 Å². The van der Waals surface area contributed by atoms with Crippen LogP contribution in [-0.4, -0.2) is 78.2 Å². The van der Waals surface area contributed by atoms with E-state index in [2.05, 4.69) is 10.6 Å². The van der Waals surface area contributed by atoms with Gasteiger partial charge in [0.15, 0.2) is 18.5 Å². The molecular formula is C51H56ClF3N2O9. The van der Waals surface area contributed by atoms with E-state index in [1.807, 2.05) is 55.5 Å². The van der Waals surface area contributed by atoms with E-state index in [-0.39, 0.29) is 27.8 Å². The van der Waals surface area contributed by atoms with Crippen molar-refractivity contribution in [3.05, 3.63) is 165 Å². The summed E-state index contributed by atoms with van der Waals surface area (Å²) in [6, 6.07) is 24.4. The van der Waals surface area contributed by atoms with E-state index in [1.54, 1.807) is 19.1 Å². The number of amides is 2. The summed E-state index contributed by atoms with van der Waals surface area (Å²) in [5.41, 5.74) is 3.95. The summed E-state index contributed by atoms with van der Waals surface area (Å²) in [5, 5.41) is 29.3. The number of aliphatic hydroxyl groups is 2. The van der Waals surface area contributed by atoms with E-state index in [1.165, 1.54) is 36.4 Å². The van der Waals surface area contributed by atoms with Crippen molar-refractivity contribution >= 4 is 23.4 Å². The smallest absolute Gasteiger partial charge is 0.252 e. The second-order valence-corrected chi connectivity index (χ2v) is 17.5. The van der Waals surface area contributed by atoms with Crippen molar-refractivity contribution in [3.8, 4) is 0 Å². The third-order valence-corrected chi connectivity index (χ3v) is 12.5. The lowest BCUT2D eigenvalue weighted by Crippen LogP contribution is -2.56. The largest absolute Gasteiger partial charge is 0.387 e. The highest BCUT2D eigenvalue weighted by Crippen LogP contribution is 2.36. The molecule has 0 radical (unpaired) electrons. The summed E-state index contributed by atoms with van der Waals surface area (Å²) >= 11 is 6.21. The fourth-order valence-corrected chi connectivity index (χ4v) is 8.59. The summed E-state index contributed by atoms with van der Waals surface area (Å²) in [6.07, 6.45) is -3.53. The molecule has 15 heteroatoms. The molecule has 9 atom stereocenters. The molecule has 2 aliphatic carbocycles. The van der Waals surface area contributed by atoms with Crippen LogP contribution in [0.25, 0.3) is 0 Å². The Bertz CT molecular complexity index is 2330. The van der Waals surface area contributed by atoms with Gasteiger partial charge in [-0.05, 0) is 67.5 Å². The lowest BCUT2D eigenvalue weighted by Gasteiger charge is -2.34. The number of aryl methyl sites for hydroxylation is 1. The van der Waals surface area contributed by atoms with Gasteiger partial charge in [-0.15, -0.1) is 0 Å². The molecule has 0 bridgehead atoms. The van der Waals surface area contributed by atoms with Crippen LogP contribution in [0.1, 0.15) is 72.0 Å². The Labute approximate surface area is 387 Å². The van der Waals surface area contributed by atoms with Crippen molar-refractivity contribution in [1.29, 1.82) is 0 Å². The lowest BCUT2D eigenvalue weighted by molar-refractivity contribution is -0.227. The third kappa shape index (κ3) is 12.5. The molecule has 0 spiro atoms. The van der Waals surface area contributed by atoms with E-state index in [9.17, 15) is 28.6 Å². The van der Waals surface area contributed by atoms with E-state index in [0.717, 1.165) is 41.2 Å². The molecule has 352 valence electrons. The fraction of sp³-hybridized carbons (Fsp3) is 0.412. The van der Waals surface area contributed by atoms with Crippen LogP contribution < -0.4 is 10.6 Å². The Hall–Kier alpha value is -4.90. The van der Waals surface area contributed by atoms with Gasteiger partial charge in [0, 0.05) is 40.6 Å². The van der Waals surface area contributed by atoms with Gasteiger partial charge in [0.2, 0.25) is 0 Å². The quantitative estimate of drug-likeness (QED) is 0.0694. The summed E-state index contributed by atoms with van der Waals surface area (Å²) in [7, 11) is 0. The number of nitrogens with one attached hydrogen (secondary N) is 2. The molecule has 4 N–H and O–H groups in total. The summed E-state index contributed by atoms with van der Waals surface area (Å²) < 4.78 is 75.7. The van der Waals surface area contributed by atoms with Gasteiger partial charge < -0.3 is 44.5 Å².